The minimum absolute atomic E-state index is 0.0815. The molecule has 1 heterocycles. The third-order valence-corrected chi connectivity index (χ3v) is 8.39. The quantitative estimate of drug-likeness (QED) is 0.377. The summed E-state index contributed by atoms with van der Waals surface area (Å²) in [6.07, 6.45) is 0.680. The highest BCUT2D eigenvalue weighted by Gasteiger charge is 2.38. The van der Waals surface area contributed by atoms with E-state index in [4.69, 9.17) is 5.73 Å². The van der Waals surface area contributed by atoms with E-state index in [2.05, 4.69) is 27.7 Å². The number of halogens is 2. The van der Waals surface area contributed by atoms with Crippen LogP contribution in [0.4, 0.5) is 8.78 Å². The number of rotatable bonds is 11. The van der Waals surface area contributed by atoms with Gasteiger partial charge in [-0.25, -0.2) is 8.78 Å². The zero-order valence-electron chi connectivity index (χ0n) is 24.4. The summed E-state index contributed by atoms with van der Waals surface area (Å²) in [5, 5.41) is 5.72. The van der Waals surface area contributed by atoms with Gasteiger partial charge in [0.2, 0.25) is 23.6 Å². The summed E-state index contributed by atoms with van der Waals surface area (Å²) in [5.41, 5.74) is 9.06. The Bertz CT molecular complexity index is 1180. The van der Waals surface area contributed by atoms with Gasteiger partial charge in [0.25, 0.3) is 0 Å². The molecular weight excluding hydrogens is 540 g/mol. The lowest BCUT2D eigenvalue weighted by Gasteiger charge is -2.36. The zero-order chi connectivity index (χ0) is 30.1. The molecule has 0 radical (unpaired) electrons. The lowest BCUT2D eigenvalue weighted by Crippen LogP contribution is -2.55. The molecule has 8 nitrogen and oxygen atoms in total. The zero-order valence-corrected chi connectivity index (χ0v) is 24.4. The molecule has 3 amide bonds. The number of carbonyl (C=O) groups is 3. The van der Waals surface area contributed by atoms with Crippen LogP contribution >= 0.6 is 0 Å². The first-order valence-corrected chi connectivity index (χ1v) is 15.0. The molecule has 0 aromatic heterocycles. The summed E-state index contributed by atoms with van der Waals surface area (Å²) in [5.74, 6) is -3.50. The molecule has 1 saturated carbocycles. The van der Waals surface area contributed by atoms with Crippen LogP contribution in [0.5, 0.6) is 0 Å². The van der Waals surface area contributed by atoms with Crippen LogP contribution < -0.4 is 16.4 Å². The molecule has 1 saturated heterocycles. The van der Waals surface area contributed by atoms with Gasteiger partial charge in [-0.15, -0.1) is 0 Å². The predicted molar refractivity (Wildman–Crippen MR) is 157 cm³/mol. The Morgan fingerprint density at radius 3 is 2.17 bits per heavy atom. The van der Waals surface area contributed by atoms with Crippen LogP contribution in [0.1, 0.15) is 55.7 Å². The molecule has 2 aromatic rings. The number of nitrogens with two attached hydrogens (primary N) is 1. The van der Waals surface area contributed by atoms with Gasteiger partial charge < -0.3 is 21.3 Å². The molecule has 10 heteroatoms. The number of alkyl halides is 2. The number of piperazine rings is 1. The molecule has 0 spiro atoms. The highest BCUT2D eigenvalue weighted by molar-refractivity contribution is 5.88. The normalized spacial score (nSPS) is 19.1. The number of nitrogens with one attached hydrogen (secondary N) is 2. The third kappa shape index (κ3) is 9.06. The minimum atomic E-state index is -2.66. The second kappa shape index (κ2) is 14.7. The van der Waals surface area contributed by atoms with Gasteiger partial charge in [0.15, 0.2) is 0 Å². The fraction of sp³-hybridized carbons (Fsp3) is 0.531. The Hall–Kier alpha value is -3.37. The molecule has 42 heavy (non-hydrogen) atoms. The average Bonchev–Trinajstić information content (AvgIpc) is 3.00. The first-order valence-electron chi connectivity index (χ1n) is 15.0. The van der Waals surface area contributed by atoms with Gasteiger partial charge in [-0.2, -0.15) is 0 Å². The summed E-state index contributed by atoms with van der Waals surface area (Å²) in [4.78, 5) is 42.5. The van der Waals surface area contributed by atoms with Crippen LogP contribution in [-0.2, 0) is 33.9 Å². The lowest BCUT2D eigenvalue weighted by molar-refractivity contribution is -0.138. The molecule has 4 N–H and O–H groups in total. The van der Waals surface area contributed by atoms with Crippen LogP contribution in [-0.4, -0.2) is 71.7 Å². The fourth-order valence-corrected chi connectivity index (χ4v) is 5.66. The molecule has 0 bridgehead atoms. The van der Waals surface area contributed by atoms with E-state index in [1.54, 1.807) is 6.92 Å². The number of hydrogen-bond donors (Lipinski definition) is 3. The van der Waals surface area contributed by atoms with Crippen LogP contribution in [0.3, 0.4) is 0 Å². The van der Waals surface area contributed by atoms with Crippen molar-refractivity contribution in [3.8, 4) is 0 Å². The van der Waals surface area contributed by atoms with E-state index in [0.717, 1.165) is 30.8 Å². The summed E-state index contributed by atoms with van der Waals surface area (Å²) >= 11 is 0. The molecule has 1 aliphatic heterocycles. The summed E-state index contributed by atoms with van der Waals surface area (Å²) in [6.45, 7) is 5.62. The number of hydrogen-bond acceptors (Lipinski definition) is 5. The van der Waals surface area contributed by atoms with Crippen molar-refractivity contribution in [2.45, 2.75) is 76.5 Å². The molecule has 2 atom stereocenters. The van der Waals surface area contributed by atoms with Crippen molar-refractivity contribution in [3.05, 3.63) is 71.3 Å². The van der Waals surface area contributed by atoms with Crippen molar-refractivity contribution < 1.29 is 23.2 Å². The van der Waals surface area contributed by atoms with E-state index >= 15 is 0 Å². The van der Waals surface area contributed by atoms with Crippen molar-refractivity contribution >= 4 is 17.7 Å². The molecule has 2 fully saturated rings. The third-order valence-electron chi connectivity index (χ3n) is 8.39. The van der Waals surface area contributed by atoms with E-state index in [9.17, 15) is 23.2 Å². The summed E-state index contributed by atoms with van der Waals surface area (Å²) in [7, 11) is 0. The Morgan fingerprint density at radius 1 is 0.929 bits per heavy atom. The molecular formula is C32H43F2N5O3. The van der Waals surface area contributed by atoms with Crippen molar-refractivity contribution in [1.82, 2.24) is 20.4 Å². The van der Waals surface area contributed by atoms with Gasteiger partial charge in [-0.1, -0.05) is 61.5 Å². The van der Waals surface area contributed by atoms with Gasteiger partial charge in [-0.05, 0) is 35.4 Å². The molecule has 1 aliphatic carbocycles. The Kier molecular flexibility index (Phi) is 11.0. The minimum Gasteiger partial charge on any atom is -0.351 e. The second-order valence-corrected chi connectivity index (χ2v) is 11.5. The summed E-state index contributed by atoms with van der Waals surface area (Å²) < 4.78 is 26.9. The van der Waals surface area contributed by atoms with Crippen LogP contribution in [0.25, 0.3) is 0 Å². The van der Waals surface area contributed by atoms with Crippen molar-refractivity contribution in [3.63, 3.8) is 0 Å². The maximum Gasteiger partial charge on any atom is 0.248 e. The first-order chi connectivity index (χ1) is 20.1. The Labute approximate surface area is 247 Å². The number of benzene rings is 2. The lowest BCUT2D eigenvalue weighted by atomic mass is 9.82. The van der Waals surface area contributed by atoms with E-state index in [1.807, 2.05) is 47.4 Å². The van der Waals surface area contributed by atoms with Crippen LogP contribution in [0, 0.1) is 5.92 Å². The smallest absolute Gasteiger partial charge is 0.248 e. The van der Waals surface area contributed by atoms with Gasteiger partial charge in [-0.3, -0.25) is 19.3 Å². The molecule has 4 rings (SSSR count). The van der Waals surface area contributed by atoms with Gasteiger partial charge in [0.05, 0.1) is 6.04 Å². The largest absolute Gasteiger partial charge is 0.351 e. The standard InChI is InChI=1S/C32H43F2N5O3/c1-2-28(40)37-27(31(42)39-18-16-38(17-19-39)22-25-6-4-3-5-7-25)20-23-8-10-24(11-9-23)21-36-30(41)29(35)26-12-14-32(33,34)15-13-26/h3-11,26-27,29H,2,12-22,35H2,1H3,(H,36,41)(H,37,40). The maximum atomic E-state index is 13.5. The highest BCUT2D eigenvalue weighted by Crippen LogP contribution is 2.37. The Morgan fingerprint density at radius 2 is 1.55 bits per heavy atom. The van der Waals surface area contributed by atoms with Crippen molar-refractivity contribution in [2.24, 2.45) is 11.7 Å². The van der Waals surface area contributed by atoms with Gasteiger partial charge in [0.1, 0.15) is 6.04 Å². The highest BCUT2D eigenvalue weighted by atomic mass is 19.3. The van der Waals surface area contributed by atoms with Crippen LogP contribution in [0.15, 0.2) is 54.6 Å². The van der Waals surface area contributed by atoms with Gasteiger partial charge >= 0.3 is 0 Å². The monoisotopic (exact) mass is 583 g/mol. The van der Waals surface area contributed by atoms with Crippen molar-refractivity contribution in [1.29, 1.82) is 0 Å². The second-order valence-electron chi connectivity index (χ2n) is 11.5. The number of carbonyl (C=O) groups excluding carboxylic acids is 3. The first kappa shape index (κ1) is 31.6. The van der Waals surface area contributed by atoms with E-state index in [0.29, 0.717) is 25.9 Å². The Balaban J connectivity index is 1.28. The van der Waals surface area contributed by atoms with Crippen molar-refractivity contribution in [2.75, 3.05) is 26.2 Å². The number of amides is 3. The van der Waals surface area contributed by atoms with E-state index in [1.165, 1.54) is 5.56 Å². The van der Waals surface area contributed by atoms with E-state index in [-0.39, 0.29) is 55.9 Å². The number of nitrogens with zero attached hydrogens (tertiary/aromatic N) is 2. The molecule has 228 valence electrons. The molecule has 2 unspecified atom stereocenters. The predicted octanol–water partition coefficient (Wildman–Crippen LogP) is 3.24. The summed E-state index contributed by atoms with van der Waals surface area (Å²) in [6, 6.07) is 16.3. The maximum absolute atomic E-state index is 13.5. The topological polar surface area (TPSA) is 108 Å². The van der Waals surface area contributed by atoms with E-state index < -0.39 is 18.0 Å². The molecule has 2 aromatic carbocycles. The molecule has 2 aliphatic rings. The SMILES string of the molecule is CCC(=O)NC(Cc1ccc(CNC(=O)C(N)C2CCC(F)(F)CC2)cc1)C(=O)N1CCN(Cc2ccccc2)CC1. The fourth-order valence-electron chi connectivity index (χ4n) is 5.66. The average molecular weight is 584 g/mol. The van der Waals surface area contributed by atoms with Gasteiger partial charge in [0, 0.05) is 65.0 Å². The van der Waals surface area contributed by atoms with Crippen LogP contribution in [0.2, 0.25) is 0 Å².